The monoisotopic (exact) mass is 427 g/mol. The number of nitrogens with one attached hydrogen (secondary N) is 2. The molecule has 0 unspecified atom stereocenters. The van der Waals surface area contributed by atoms with E-state index < -0.39 is 0 Å². The van der Waals surface area contributed by atoms with Crippen LogP contribution in [0.2, 0.25) is 0 Å². The maximum atomic E-state index is 12.9. The van der Waals surface area contributed by atoms with Crippen LogP contribution in [-0.2, 0) is 13.1 Å². The minimum Gasteiger partial charge on any atom is -0.340 e. The molecule has 0 atom stereocenters. The summed E-state index contributed by atoms with van der Waals surface area (Å²) in [6, 6.07) is 26.1. The van der Waals surface area contributed by atoms with Crippen molar-refractivity contribution < 1.29 is 0 Å². The first-order chi connectivity index (χ1) is 15.0. The Morgan fingerprint density at radius 2 is 1.61 bits per heavy atom. The minimum atomic E-state index is -0.0817. The smallest absolute Gasteiger partial charge is 0.253 e. The average molecular weight is 428 g/mol. The van der Waals surface area contributed by atoms with Crippen molar-refractivity contribution in [1.29, 1.82) is 0 Å². The minimum absolute atomic E-state index is 0.0817. The van der Waals surface area contributed by atoms with E-state index in [1.807, 2.05) is 66.4 Å². The third-order valence-corrected chi connectivity index (χ3v) is 5.88. The maximum Gasteiger partial charge on any atom is 0.253 e. The number of H-pyrrole nitrogens is 1. The molecule has 0 saturated carbocycles. The molecule has 0 radical (unpaired) electrons. The fourth-order valence-corrected chi connectivity index (χ4v) is 3.87. The highest BCUT2D eigenvalue weighted by Gasteiger charge is 2.15. The summed E-state index contributed by atoms with van der Waals surface area (Å²) in [5.41, 5.74) is 5.81. The van der Waals surface area contributed by atoms with Gasteiger partial charge >= 0.3 is 0 Å². The summed E-state index contributed by atoms with van der Waals surface area (Å²) in [5.74, 6) is 0. The lowest BCUT2D eigenvalue weighted by molar-refractivity contribution is 0.411. The molecule has 0 amide bonds. The van der Waals surface area contributed by atoms with E-state index in [9.17, 15) is 4.79 Å². The zero-order valence-corrected chi connectivity index (χ0v) is 18.5. The second-order valence-electron chi connectivity index (χ2n) is 7.73. The van der Waals surface area contributed by atoms with Gasteiger partial charge in [0.1, 0.15) is 0 Å². The molecule has 2 N–H and O–H groups in total. The van der Waals surface area contributed by atoms with E-state index in [0.717, 1.165) is 33.3 Å². The van der Waals surface area contributed by atoms with Crippen molar-refractivity contribution in [2.45, 2.75) is 26.9 Å². The SMILES string of the molecule is Cc1ccc2cc(CN(Cc3ccccc3)C(=S)Nc3ccccc3)c(=O)[nH]c2c1C. The molecule has 4 rings (SSSR count). The van der Waals surface area contributed by atoms with E-state index in [1.54, 1.807) is 0 Å². The molecular weight excluding hydrogens is 402 g/mol. The van der Waals surface area contributed by atoms with Crippen molar-refractivity contribution >= 4 is 33.9 Å². The summed E-state index contributed by atoms with van der Waals surface area (Å²) in [7, 11) is 0. The first-order valence-corrected chi connectivity index (χ1v) is 10.7. The first kappa shape index (κ1) is 20.8. The highest BCUT2D eigenvalue weighted by Crippen LogP contribution is 2.20. The van der Waals surface area contributed by atoms with Gasteiger partial charge in [-0.3, -0.25) is 4.79 Å². The van der Waals surface area contributed by atoms with Crippen molar-refractivity contribution in [2.24, 2.45) is 0 Å². The molecule has 0 aliphatic heterocycles. The lowest BCUT2D eigenvalue weighted by atomic mass is 10.0. The molecule has 3 aromatic carbocycles. The van der Waals surface area contributed by atoms with Crippen LogP contribution in [0.1, 0.15) is 22.3 Å². The molecule has 0 aliphatic carbocycles. The number of aryl methyl sites for hydroxylation is 2. The molecule has 156 valence electrons. The topological polar surface area (TPSA) is 48.1 Å². The van der Waals surface area contributed by atoms with Gasteiger partial charge in [0.05, 0.1) is 12.1 Å². The van der Waals surface area contributed by atoms with Crippen LogP contribution in [0.4, 0.5) is 5.69 Å². The number of pyridine rings is 1. The van der Waals surface area contributed by atoms with Crippen LogP contribution in [0.5, 0.6) is 0 Å². The maximum absolute atomic E-state index is 12.9. The van der Waals surface area contributed by atoms with Crippen LogP contribution in [-0.4, -0.2) is 15.0 Å². The molecule has 31 heavy (non-hydrogen) atoms. The van der Waals surface area contributed by atoms with E-state index in [-0.39, 0.29) is 5.56 Å². The lowest BCUT2D eigenvalue weighted by Gasteiger charge is -2.26. The number of benzene rings is 3. The molecule has 4 nitrogen and oxygen atoms in total. The van der Waals surface area contributed by atoms with Crippen LogP contribution < -0.4 is 10.9 Å². The molecule has 5 heteroatoms. The van der Waals surface area contributed by atoms with Gasteiger partial charge in [0.25, 0.3) is 5.56 Å². The summed E-state index contributed by atoms with van der Waals surface area (Å²) in [6.45, 7) is 5.10. The van der Waals surface area contributed by atoms with E-state index in [0.29, 0.717) is 23.8 Å². The predicted molar refractivity (Wildman–Crippen MR) is 132 cm³/mol. The van der Waals surface area contributed by atoms with Crippen molar-refractivity contribution in [3.8, 4) is 0 Å². The first-order valence-electron chi connectivity index (χ1n) is 10.3. The predicted octanol–water partition coefficient (Wildman–Crippen LogP) is 5.54. The molecule has 0 saturated heterocycles. The molecule has 0 fully saturated rings. The number of anilines is 1. The fourth-order valence-electron chi connectivity index (χ4n) is 3.62. The molecule has 0 bridgehead atoms. The van der Waals surface area contributed by atoms with E-state index in [1.165, 1.54) is 0 Å². The normalized spacial score (nSPS) is 10.8. The van der Waals surface area contributed by atoms with Gasteiger partial charge in [-0.25, -0.2) is 0 Å². The Morgan fingerprint density at radius 1 is 0.935 bits per heavy atom. The van der Waals surface area contributed by atoms with Gasteiger partial charge in [0.2, 0.25) is 0 Å². The molecule has 1 aromatic heterocycles. The second-order valence-corrected chi connectivity index (χ2v) is 8.12. The summed E-state index contributed by atoms with van der Waals surface area (Å²) in [4.78, 5) is 18.0. The number of thiocarbonyl (C=S) groups is 1. The van der Waals surface area contributed by atoms with Gasteiger partial charge < -0.3 is 15.2 Å². The zero-order chi connectivity index (χ0) is 21.8. The number of hydrogen-bond donors (Lipinski definition) is 2. The van der Waals surface area contributed by atoms with Crippen molar-refractivity contribution in [2.75, 3.05) is 5.32 Å². The number of nitrogens with zero attached hydrogens (tertiary/aromatic N) is 1. The summed E-state index contributed by atoms with van der Waals surface area (Å²) in [6.07, 6.45) is 0. The average Bonchev–Trinajstić information content (AvgIpc) is 2.78. The van der Waals surface area contributed by atoms with Crippen LogP contribution in [0.3, 0.4) is 0 Å². The lowest BCUT2D eigenvalue weighted by Crippen LogP contribution is -2.35. The Kier molecular flexibility index (Phi) is 6.14. The van der Waals surface area contributed by atoms with Crippen LogP contribution in [0, 0.1) is 13.8 Å². The molecule has 1 heterocycles. The number of aromatic nitrogens is 1. The van der Waals surface area contributed by atoms with Crippen molar-refractivity contribution in [3.05, 3.63) is 111 Å². The Bertz CT molecular complexity index is 1270. The Hall–Kier alpha value is -3.44. The van der Waals surface area contributed by atoms with Crippen molar-refractivity contribution in [3.63, 3.8) is 0 Å². The van der Waals surface area contributed by atoms with E-state index in [2.05, 4.69) is 41.5 Å². The summed E-state index contributed by atoms with van der Waals surface area (Å²) < 4.78 is 0. The number of hydrogen-bond acceptors (Lipinski definition) is 2. The van der Waals surface area contributed by atoms with Crippen molar-refractivity contribution in [1.82, 2.24) is 9.88 Å². The number of fused-ring (bicyclic) bond motifs is 1. The van der Waals surface area contributed by atoms with E-state index >= 15 is 0 Å². The summed E-state index contributed by atoms with van der Waals surface area (Å²) in [5, 5.41) is 4.91. The number of rotatable bonds is 5. The van der Waals surface area contributed by atoms with Crippen LogP contribution in [0.15, 0.2) is 83.7 Å². The molecule has 0 aliphatic rings. The Balaban J connectivity index is 1.66. The third kappa shape index (κ3) is 4.84. The van der Waals surface area contributed by atoms with Gasteiger partial charge in [-0.1, -0.05) is 60.7 Å². The zero-order valence-electron chi connectivity index (χ0n) is 17.7. The second kappa shape index (κ2) is 9.14. The molecule has 0 spiro atoms. The van der Waals surface area contributed by atoms with Gasteiger partial charge in [-0.15, -0.1) is 0 Å². The number of para-hydroxylation sites is 1. The van der Waals surface area contributed by atoms with Gasteiger partial charge in [-0.2, -0.15) is 0 Å². The highest BCUT2D eigenvalue weighted by atomic mass is 32.1. The Labute approximate surface area is 187 Å². The standard InChI is InChI=1S/C26H25N3OS/c1-18-13-14-21-15-22(25(30)28-24(21)19(18)2)17-29(16-20-9-5-3-6-10-20)26(31)27-23-11-7-4-8-12-23/h3-15H,16-17H2,1-2H3,(H,27,31)(H,28,30). The fraction of sp³-hybridized carbons (Fsp3) is 0.154. The Morgan fingerprint density at radius 3 is 2.32 bits per heavy atom. The van der Waals surface area contributed by atoms with Gasteiger partial charge in [0, 0.05) is 17.8 Å². The number of aromatic amines is 1. The van der Waals surface area contributed by atoms with Gasteiger partial charge in [0.15, 0.2) is 5.11 Å². The summed E-state index contributed by atoms with van der Waals surface area (Å²) >= 11 is 5.74. The third-order valence-electron chi connectivity index (χ3n) is 5.52. The van der Waals surface area contributed by atoms with E-state index in [4.69, 9.17) is 12.2 Å². The van der Waals surface area contributed by atoms with Crippen LogP contribution >= 0.6 is 12.2 Å². The molecule has 4 aromatic rings. The quantitative estimate of drug-likeness (QED) is 0.410. The highest BCUT2D eigenvalue weighted by molar-refractivity contribution is 7.80. The van der Waals surface area contributed by atoms with Gasteiger partial charge in [-0.05, 0) is 66.3 Å². The molecular formula is C26H25N3OS. The largest absolute Gasteiger partial charge is 0.340 e. The van der Waals surface area contributed by atoms with Crippen LogP contribution in [0.25, 0.3) is 10.9 Å².